The number of piperidine rings is 1. The molecule has 0 radical (unpaired) electrons. The van der Waals surface area contributed by atoms with E-state index in [9.17, 15) is 13.2 Å². The number of hydrogen-bond donors (Lipinski definition) is 1. The summed E-state index contributed by atoms with van der Waals surface area (Å²) in [6.45, 7) is 5.55. The van der Waals surface area contributed by atoms with E-state index in [-0.39, 0.29) is 4.75 Å². The molecule has 0 aromatic rings. The summed E-state index contributed by atoms with van der Waals surface area (Å²) >= 11 is 1.80. The number of rotatable bonds is 5. The molecule has 0 atom stereocenters. The van der Waals surface area contributed by atoms with Crippen molar-refractivity contribution in [1.29, 1.82) is 0 Å². The number of thioether (sulfide) groups is 1. The van der Waals surface area contributed by atoms with E-state index in [4.69, 9.17) is 0 Å². The average molecular weight is 284 g/mol. The highest BCUT2D eigenvalue weighted by Gasteiger charge is 2.32. The van der Waals surface area contributed by atoms with Gasteiger partial charge in [-0.25, -0.2) is 0 Å². The highest BCUT2D eigenvalue weighted by Crippen LogP contribution is 2.22. The standard InChI is InChI=1S/C12H23F3N2S/c1-11(2,18-3)8-16-10-4-6-17(7-5-10)9-12(13,14)15/h10,16H,4-9H2,1-3H3. The molecule has 1 heterocycles. The Labute approximate surface area is 112 Å². The van der Waals surface area contributed by atoms with Gasteiger partial charge in [-0.05, 0) is 46.0 Å². The lowest BCUT2D eigenvalue weighted by molar-refractivity contribution is -0.148. The quantitative estimate of drug-likeness (QED) is 0.836. The zero-order chi connectivity index (χ0) is 13.8. The minimum absolute atomic E-state index is 0.184. The Kier molecular flexibility index (Phi) is 5.80. The summed E-state index contributed by atoms with van der Waals surface area (Å²) in [5.74, 6) is 0. The molecule has 0 saturated carbocycles. The first-order valence-electron chi connectivity index (χ1n) is 6.29. The summed E-state index contributed by atoms with van der Waals surface area (Å²) in [4.78, 5) is 1.50. The van der Waals surface area contributed by atoms with E-state index in [0.717, 1.165) is 19.4 Å². The molecule has 108 valence electrons. The molecule has 0 aromatic heterocycles. The zero-order valence-corrected chi connectivity index (χ0v) is 12.1. The number of halogens is 3. The van der Waals surface area contributed by atoms with Crippen LogP contribution < -0.4 is 5.32 Å². The fourth-order valence-corrected chi connectivity index (χ4v) is 2.24. The van der Waals surface area contributed by atoms with Crippen LogP contribution >= 0.6 is 11.8 Å². The molecule has 1 aliphatic heterocycles. The summed E-state index contributed by atoms with van der Waals surface area (Å²) in [5.41, 5.74) is 0. The van der Waals surface area contributed by atoms with Gasteiger partial charge in [-0.15, -0.1) is 0 Å². The summed E-state index contributed by atoms with van der Waals surface area (Å²) in [5, 5.41) is 3.47. The Balaban J connectivity index is 2.23. The van der Waals surface area contributed by atoms with Crippen LogP contribution in [0.5, 0.6) is 0 Å². The van der Waals surface area contributed by atoms with Gasteiger partial charge in [-0.1, -0.05) is 0 Å². The monoisotopic (exact) mass is 284 g/mol. The molecule has 0 unspecified atom stereocenters. The van der Waals surface area contributed by atoms with Gasteiger partial charge in [0.15, 0.2) is 0 Å². The van der Waals surface area contributed by atoms with Crippen LogP contribution in [0.4, 0.5) is 13.2 Å². The van der Waals surface area contributed by atoms with E-state index >= 15 is 0 Å². The lowest BCUT2D eigenvalue weighted by Gasteiger charge is -2.34. The summed E-state index contributed by atoms with van der Waals surface area (Å²) in [6, 6.07) is 0.362. The average Bonchev–Trinajstić information content (AvgIpc) is 2.26. The predicted octanol–water partition coefficient (Wildman–Crippen LogP) is 2.74. The second kappa shape index (κ2) is 6.48. The molecule has 2 nitrogen and oxygen atoms in total. The van der Waals surface area contributed by atoms with Crippen molar-refractivity contribution in [2.24, 2.45) is 0 Å². The Bertz CT molecular complexity index is 248. The van der Waals surface area contributed by atoms with Crippen LogP contribution in [0.25, 0.3) is 0 Å². The van der Waals surface area contributed by atoms with Gasteiger partial charge in [0.05, 0.1) is 6.54 Å². The Morgan fingerprint density at radius 1 is 1.22 bits per heavy atom. The number of likely N-dealkylation sites (tertiary alicyclic amines) is 1. The summed E-state index contributed by atoms with van der Waals surface area (Å²) in [6.07, 6.45) is -0.379. The molecule has 1 N–H and O–H groups in total. The van der Waals surface area contributed by atoms with E-state index in [1.807, 2.05) is 0 Å². The maximum absolute atomic E-state index is 12.2. The molecule has 0 aromatic carbocycles. The van der Waals surface area contributed by atoms with E-state index in [1.165, 1.54) is 4.90 Å². The second-order valence-electron chi connectivity index (χ2n) is 5.51. The third-order valence-corrected chi connectivity index (χ3v) is 4.61. The van der Waals surface area contributed by atoms with Gasteiger partial charge in [0.1, 0.15) is 0 Å². The van der Waals surface area contributed by atoms with Gasteiger partial charge in [0.2, 0.25) is 0 Å². The van der Waals surface area contributed by atoms with Gasteiger partial charge in [0, 0.05) is 17.3 Å². The van der Waals surface area contributed by atoms with Crippen LogP contribution in [0, 0.1) is 0 Å². The molecular formula is C12H23F3N2S. The molecule has 18 heavy (non-hydrogen) atoms. The van der Waals surface area contributed by atoms with Gasteiger partial charge in [-0.3, -0.25) is 4.90 Å². The van der Waals surface area contributed by atoms with Crippen molar-refractivity contribution < 1.29 is 13.2 Å². The molecule has 0 spiro atoms. The van der Waals surface area contributed by atoms with Crippen molar-refractivity contribution in [3.05, 3.63) is 0 Å². The molecule has 1 saturated heterocycles. The summed E-state index contributed by atoms with van der Waals surface area (Å²) < 4.78 is 36.9. The second-order valence-corrected chi connectivity index (χ2v) is 7.02. The van der Waals surface area contributed by atoms with Crippen molar-refractivity contribution in [2.45, 2.75) is 43.7 Å². The third kappa shape index (κ3) is 6.29. The first-order valence-corrected chi connectivity index (χ1v) is 7.52. The van der Waals surface area contributed by atoms with Crippen LogP contribution in [0.1, 0.15) is 26.7 Å². The summed E-state index contributed by atoms with van der Waals surface area (Å²) in [7, 11) is 0. The molecule has 0 aliphatic carbocycles. The highest BCUT2D eigenvalue weighted by atomic mass is 32.2. The first-order chi connectivity index (χ1) is 8.22. The predicted molar refractivity (Wildman–Crippen MR) is 71.1 cm³/mol. The minimum atomic E-state index is -4.07. The van der Waals surface area contributed by atoms with Crippen LogP contribution in [-0.4, -0.2) is 54.3 Å². The normalized spacial score (nSPS) is 20.3. The zero-order valence-electron chi connectivity index (χ0n) is 11.3. The molecular weight excluding hydrogens is 261 g/mol. The van der Waals surface area contributed by atoms with Gasteiger partial charge in [0.25, 0.3) is 0 Å². The maximum atomic E-state index is 12.2. The van der Waals surface area contributed by atoms with Gasteiger partial charge < -0.3 is 5.32 Å². The number of nitrogens with one attached hydrogen (secondary N) is 1. The van der Waals surface area contributed by atoms with Crippen molar-refractivity contribution >= 4 is 11.8 Å². The smallest absolute Gasteiger partial charge is 0.313 e. The van der Waals surface area contributed by atoms with E-state index in [1.54, 1.807) is 11.8 Å². The molecule has 1 aliphatic rings. The Morgan fingerprint density at radius 3 is 2.22 bits per heavy atom. The minimum Gasteiger partial charge on any atom is -0.313 e. The van der Waals surface area contributed by atoms with Gasteiger partial charge >= 0.3 is 6.18 Å². The number of nitrogens with zero attached hydrogens (tertiary/aromatic N) is 1. The van der Waals surface area contributed by atoms with Crippen molar-refractivity contribution in [2.75, 3.05) is 32.4 Å². The fourth-order valence-electron chi connectivity index (χ4n) is 2.01. The number of alkyl halides is 3. The van der Waals surface area contributed by atoms with E-state index < -0.39 is 12.7 Å². The SMILES string of the molecule is CSC(C)(C)CNC1CCN(CC(F)(F)F)CC1. The molecule has 0 amide bonds. The Hall–Kier alpha value is 0.0600. The maximum Gasteiger partial charge on any atom is 0.401 e. The van der Waals surface area contributed by atoms with Crippen LogP contribution in [0.2, 0.25) is 0 Å². The lowest BCUT2D eigenvalue weighted by atomic mass is 10.0. The van der Waals surface area contributed by atoms with Crippen LogP contribution in [-0.2, 0) is 0 Å². The third-order valence-electron chi connectivity index (χ3n) is 3.36. The molecule has 0 bridgehead atoms. The van der Waals surface area contributed by atoms with Crippen molar-refractivity contribution in [3.8, 4) is 0 Å². The van der Waals surface area contributed by atoms with Crippen LogP contribution in [0.3, 0.4) is 0 Å². The molecule has 1 fully saturated rings. The number of hydrogen-bond acceptors (Lipinski definition) is 3. The molecule has 6 heteroatoms. The Morgan fingerprint density at radius 2 is 1.78 bits per heavy atom. The fraction of sp³-hybridized carbons (Fsp3) is 1.00. The van der Waals surface area contributed by atoms with E-state index in [0.29, 0.717) is 19.1 Å². The largest absolute Gasteiger partial charge is 0.401 e. The first kappa shape index (κ1) is 16.1. The highest BCUT2D eigenvalue weighted by molar-refractivity contribution is 7.99. The lowest BCUT2D eigenvalue weighted by Crippen LogP contribution is -2.47. The van der Waals surface area contributed by atoms with Gasteiger partial charge in [-0.2, -0.15) is 24.9 Å². The molecule has 1 rings (SSSR count). The van der Waals surface area contributed by atoms with Crippen molar-refractivity contribution in [3.63, 3.8) is 0 Å². The topological polar surface area (TPSA) is 15.3 Å². The van der Waals surface area contributed by atoms with E-state index in [2.05, 4.69) is 25.4 Å². The van der Waals surface area contributed by atoms with Crippen LogP contribution in [0.15, 0.2) is 0 Å². The van der Waals surface area contributed by atoms with Crippen molar-refractivity contribution in [1.82, 2.24) is 10.2 Å².